The van der Waals surface area contributed by atoms with Crippen molar-refractivity contribution in [2.75, 3.05) is 0 Å². The number of aryl methyl sites for hydroxylation is 1. The lowest BCUT2D eigenvalue weighted by atomic mass is 9.84. The first-order valence-electron chi connectivity index (χ1n) is 8.99. The molecule has 0 saturated heterocycles. The second kappa shape index (κ2) is 7.32. The number of halogens is 1. The van der Waals surface area contributed by atoms with Crippen LogP contribution in [-0.2, 0) is 11.3 Å². The first kappa shape index (κ1) is 18.2. The van der Waals surface area contributed by atoms with Gasteiger partial charge in [0.15, 0.2) is 0 Å². The van der Waals surface area contributed by atoms with Gasteiger partial charge in [-0.3, -0.25) is 4.79 Å². The van der Waals surface area contributed by atoms with Gasteiger partial charge in [-0.15, -0.1) is 0 Å². The van der Waals surface area contributed by atoms with Crippen molar-refractivity contribution in [1.82, 2.24) is 4.57 Å². The van der Waals surface area contributed by atoms with E-state index in [-0.39, 0.29) is 18.3 Å². The van der Waals surface area contributed by atoms with Crippen LogP contribution in [0, 0.1) is 19.7 Å². The molecule has 0 fully saturated rings. The van der Waals surface area contributed by atoms with Crippen LogP contribution in [-0.4, -0.2) is 15.6 Å². The molecular formula is C22H24FNO2. The number of nitrogens with zero attached hydrogens (tertiary/aromatic N) is 1. The molecule has 0 amide bonds. The van der Waals surface area contributed by atoms with Gasteiger partial charge in [-0.1, -0.05) is 37.6 Å². The van der Waals surface area contributed by atoms with E-state index in [0.717, 1.165) is 35.0 Å². The van der Waals surface area contributed by atoms with Gasteiger partial charge in [0, 0.05) is 22.5 Å². The van der Waals surface area contributed by atoms with Crippen LogP contribution in [0.3, 0.4) is 0 Å². The predicted octanol–water partition coefficient (Wildman–Crippen LogP) is 5.41. The number of hydrogen-bond donors (Lipinski definition) is 1. The lowest BCUT2D eigenvalue weighted by Gasteiger charge is -2.20. The van der Waals surface area contributed by atoms with Crippen molar-refractivity contribution in [3.05, 3.63) is 70.7 Å². The zero-order chi connectivity index (χ0) is 18.8. The molecule has 3 nitrogen and oxygen atoms in total. The van der Waals surface area contributed by atoms with Crippen molar-refractivity contribution in [3.8, 4) is 0 Å². The minimum Gasteiger partial charge on any atom is -0.480 e. The summed E-state index contributed by atoms with van der Waals surface area (Å²) in [6.45, 7) is 6.04. The van der Waals surface area contributed by atoms with Crippen molar-refractivity contribution >= 4 is 16.9 Å². The van der Waals surface area contributed by atoms with Crippen LogP contribution in [0.4, 0.5) is 4.39 Å². The highest BCUT2D eigenvalue weighted by atomic mass is 19.1. The molecular weight excluding hydrogens is 329 g/mol. The van der Waals surface area contributed by atoms with Crippen LogP contribution >= 0.6 is 0 Å². The van der Waals surface area contributed by atoms with Gasteiger partial charge in [-0.25, -0.2) is 4.39 Å². The van der Waals surface area contributed by atoms with Crippen LogP contribution < -0.4 is 0 Å². The second-order valence-electron chi connectivity index (χ2n) is 6.84. The van der Waals surface area contributed by atoms with E-state index in [2.05, 4.69) is 26.0 Å². The highest BCUT2D eigenvalue weighted by Crippen LogP contribution is 2.39. The molecule has 0 radical (unpaired) electrons. The number of carboxylic acid groups (broad SMARTS) is 1. The Morgan fingerprint density at radius 2 is 1.92 bits per heavy atom. The molecule has 0 spiro atoms. The Labute approximate surface area is 153 Å². The molecule has 0 aliphatic carbocycles. The van der Waals surface area contributed by atoms with Gasteiger partial charge in [0.25, 0.3) is 0 Å². The molecule has 1 atom stereocenters. The summed E-state index contributed by atoms with van der Waals surface area (Å²) in [5, 5.41) is 10.1. The van der Waals surface area contributed by atoms with E-state index in [4.69, 9.17) is 0 Å². The van der Waals surface area contributed by atoms with Gasteiger partial charge in [-0.2, -0.15) is 0 Å². The average molecular weight is 353 g/mol. The Hall–Kier alpha value is -2.62. The fraction of sp³-hybridized carbons (Fsp3) is 0.318. The topological polar surface area (TPSA) is 42.2 Å². The molecule has 1 aromatic heterocycles. The molecule has 2 aromatic carbocycles. The molecule has 1 unspecified atom stereocenters. The predicted molar refractivity (Wildman–Crippen MR) is 102 cm³/mol. The SMILES string of the molecule is CCCC(c1ccccc1C)c1c(C)n(CC(=O)O)c2ccc(F)cc12. The van der Waals surface area contributed by atoms with Crippen LogP contribution in [0.2, 0.25) is 0 Å². The van der Waals surface area contributed by atoms with Gasteiger partial charge in [0.05, 0.1) is 0 Å². The summed E-state index contributed by atoms with van der Waals surface area (Å²) < 4.78 is 15.8. The standard InChI is InChI=1S/C22H24FNO2/c1-4-7-18(17-9-6-5-8-14(17)2)22-15(3)24(13-21(25)26)20-11-10-16(23)12-19(20)22/h5-6,8-12,18H,4,7,13H2,1-3H3,(H,25,26). The first-order chi connectivity index (χ1) is 12.4. The zero-order valence-corrected chi connectivity index (χ0v) is 15.4. The molecule has 3 rings (SSSR count). The summed E-state index contributed by atoms with van der Waals surface area (Å²) in [6.07, 6.45) is 1.91. The van der Waals surface area contributed by atoms with Gasteiger partial charge in [0.2, 0.25) is 0 Å². The number of aromatic nitrogens is 1. The Balaban J connectivity index is 2.30. The lowest BCUT2D eigenvalue weighted by Crippen LogP contribution is -2.11. The number of benzene rings is 2. The summed E-state index contributed by atoms with van der Waals surface area (Å²) in [6, 6.07) is 12.9. The Morgan fingerprint density at radius 1 is 1.19 bits per heavy atom. The van der Waals surface area contributed by atoms with Crippen molar-refractivity contribution < 1.29 is 14.3 Å². The van der Waals surface area contributed by atoms with E-state index >= 15 is 0 Å². The summed E-state index contributed by atoms with van der Waals surface area (Å²) >= 11 is 0. The highest BCUT2D eigenvalue weighted by Gasteiger charge is 2.24. The lowest BCUT2D eigenvalue weighted by molar-refractivity contribution is -0.137. The second-order valence-corrected chi connectivity index (χ2v) is 6.84. The fourth-order valence-electron chi connectivity index (χ4n) is 3.98. The monoisotopic (exact) mass is 353 g/mol. The molecule has 3 aromatic rings. The van der Waals surface area contributed by atoms with Crippen LogP contribution in [0.25, 0.3) is 10.9 Å². The Bertz CT molecular complexity index is 958. The minimum atomic E-state index is -0.899. The number of rotatable bonds is 6. The van der Waals surface area contributed by atoms with Gasteiger partial charge >= 0.3 is 5.97 Å². The number of carbonyl (C=O) groups is 1. The molecule has 26 heavy (non-hydrogen) atoms. The van der Waals surface area contributed by atoms with Gasteiger partial charge in [0.1, 0.15) is 12.4 Å². The zero-order valence-electron chi connectivity index (χ0n) is 15.4. The molecule has 136 valence electrons. The van der Waals surface area contributed by atoms with Crippen LogP contribution in [0.1, 0.15) is 48.1 Å². The number of carboxylic acids is 1. The van der Waals surface area contributed by atoms with Crippen LogP contribution in [0.5, 0.6) is 0 Å². The molecule has 0 aliphatic rings. The summed E-state index contributed by atoms with van der Waals surface area (Å²) in [7, 11) is 0. The van der Waals surface area contributed by atoms with Crippen molar-refractivity contribution in [2.45, 2.75) is 46.1 Å². The largest absolute Gasteiger partial charge is 0.480 e. The molecule has 0 saturated carbocycles. The number of fused-ring (bicyclic) bond motifs is 1. The van der Waals surface area contributed by atoms with Crippen molar-refractivity contribution in [3.63, 3.8) is 0 Å². The third kappa shape index (κ3) is 3.24. The third-order valence-electron chi connectivity index (χ3n) is 5.12. The van der Waals surface area contributed by atoms with E-state index < -0.39 is 5.97 Å². The van der Waals surface area contributed by atoms with E-state index in [1.807, 2.05) is 19.1 Å². The maximum Gasteiger partial charge on any atom is 0.323 e. The van der Waals surface area contributed by atoms with E-state index in [0.29, 0.717) is 0 Å². The smallest absolute Gasteiger partial charge is 0.323 e. The van der Waals surface area contributed by atoms with E-state index in [1.165, 1.54) is 23.3 Å². The quantitative estimate of drug-likeness (QED) is 0.643. The molecule has 1 N–H and O–H groups in total. The van der Waals surface area contributed by atoms with Crippen molar-refractivity contribution in [1.29, 1.82) is 0 Å². The van der Waals surface area contributed by atoms with E-state index in [9.17, 15) is 14.3 Å². The summed E-state index contributed by atoms with van der Waals surface area (Å²) in [5.74, 6) is -1.09. The maximum absolute atomic E-state index is 14.0. The van der Waals surface area contributed by atoms with Gasteiger partial charge < -0.3 is 9.67 Å². The molecule has 0 aliphatic heterocycles. The molecule has 0 bridgehead atoms. The Morgan fingerprint density at radius 3 is 2.58 bits per heavy atom. The Kier molecular flexibility index (Phi) is 5.12. The maximum atomic E-state index is 14.0. The molecule has 4 heteroatoms. The third-order valence-corrected chi connectivity index (χ3v) is 5.12. The number of aliphatic carboxylic acids is 1. The van der Waals surface area contributed by atoms with Crippen molar-refractivity contribution in [2.24, 2.45) is 0 Å². The first-order valence-corrected chi connectivity index (χ1v) is 8.99. The minimum absolute atomic E-state index is 0.112. The van der Waals surface area contributed by atoms with Crippen LogP contribution in [0.15, 0.2) is 42.5 Å². The summed E-state index contributed by atoms with van der Waals surface area (Å²) in [5.41, 5.74) is 5.12. The molecule has 1 heterocycles. The normalized spacial score (nSPS) is 12.5. The van der Waals surface area contributed by atoms with E-state index in [1.54, 1.807) is 10.6 Å². The number of hydrogen-bond acceptors (Lipinski definition) is 1. The highest BCUT2D eigenvalue weighted by molar-refractivity contribution is 5.88. The van der Waals surface area contributed by atoms with Gasteiger partial charge in [-0.05, 0) is 55.2 Å². The fourth-order valence-corrected chi connectivity index (χ4v) is 3.98. The average Bonchev–Trinajstić information content (AvgIpc) is 2.84. The summed E-state index contributed by atoms with van der Waals surface area (Å²) in [4.78, 5) is 11.4.